The highest BCUT2D eigenvalue weighted by atomic mass is 19.1. The molecule has 1 fully saturated rings. The smallest absolute Gasteiger partial charge is 0.222 e. The van der Waals surface area contributed by atoms with Crippen molar-refractivity contribution in [1.29, 1.82) is 0 Å². The summed E-state index contributed by atoms with van der Waals surface area (Å²) in [7, 11) is 0. The van der Waals surface area contributed by atoms with Gasteiger partial charge < -0.3 is 20.8 Å². The standard InChI is InChI=1S/C13H12FN5O/c14-7-2-1-3-8-9(7)10-11(20-8)12(18-13(16)17-10)19-4-6(15)5-19/h1-3,6H,4-5,15H2,(H2,16,17,18). The number of benzene rings is 1. The van der Waals surface area contributed by atoms with Gasteiger partial charge in [0.2, 0.25) is 5.95 Å². The Morgan fingerprint density at radius 1 is 1.30 bits per heavy atom. The Balaban J connectivity index is 2.05. The maximum absolute atomic E-state index is 14.0. The lowest BCUT2D eigenvalue weighted by molar-refractivity contribution is 0.512. The molecule has 0 spiro atoms. The van der Waals surface area contributed by atoms with Crippen molar-refractivity contribution < 1.29 is 8.81 Å². The van der Waals surface area contributed by atoms with Crippen LogP contribution in [0.5, 0.6) is 0 Å². The summed E-state index contributed by atoms with van der Waals surface area (Å²) >= 11 is 0. The van der Waals surface area contributed by atoms with Crippen LogP contribution in [0.2, 0.25) is 0 Å². The van der Waals surface area contributed by atoms with Gasteiger partial charge in [-0.05, 0) is 12.1 Å². The Hall–Kier alpha value is -2.41. The summed E-state index contributed by atoms with van der Waals surface area (Å²) < 4.78 is 19.7. The van der Waals surface area contributed by atoms with Crippen molar-refractivity contribution in [3.8, 4) is 0 Å². The Kier molecular flexibility index (Phi) is 2.17. The molecule has 0 radical (unpaired) electrons. The van der Waals surface area contributed by atoms with Gasteiger partial charge in [0.25, 0.3) is 0 Å². The Morgan fingerprint density at radius 3 is 2.85 bits per heavy atom. The van der Waals surface area contributed by atoms with Crippen LogP contribution in [-0.4, -0.2) is 29.1 Å². The van der Waals surface area contributed by atoms with Crippen LogP contribution in [0.4, 0.5) is 16.2 Å². The van der Waals surface area contributed by atoms with Gasteiger partial charge in [-0.2, -0.15) is 4.98 Å². The Morgan fingerprint density at radius 2 is 2.10 bits per heavy atom. The van der Waals surface area contributed by atoms with Crippen molar-refractivity contribution in [2.24, 2.45) is 5.73 Å². The molecule has 1 saturated heterocycles. The van der Waals surface area contributed by atoms with Gasteiger partial charge in [-0.15, -0.1) is 0 Å². The van der Waals surface area contributed by atoms with Gasteiger partial charge in [-0.25, -0.2) is 9.37 Å². The third kappa shape index (κ3) is 1.47. The second kappa shape index (κ2) is 3.80. The maximum atomic E-state index is 14.0. The number of nitrogens with two attached hydrogens (primary N) is 2. The SMILES string of the molecule is Nc1nc(N2CC(N)C2)c2oc3cccc(F)c3c2n1. The third-order valence-corrected chi connectivity index (χ3v) is 3.50. The lowest BCUT2D eigenvalue weighted by Gasteiger charge is -2.37. The predicted octanol–water partition coefficient (Wildman–Crippen LogP) is 1.24. The fourth-order valence-corrected chi connectivity index (χ4v) is 2.55. The topological polar surface area (TPSA) is 94.2 Å². The molecule has 0 aliphatic carbocycles. The molecular formula is C13H12FN5O. The molecule has 102 valence electrons. The van der Waals surface area contributed by atoms with Crippen molar-refractivity contribution in [1.82, 2.24) is 9.97 Å². The average Bonchev–Trinajstić information content (AvgIpc) is 2.74. The van der Waals surface area contributed by atoms with Crippen molar-refractivity contribution >= 4 is 33.8 Å². The number of hydrogen-bond donors (Lipinski definition) is 2. The van der Waals surface area contributed by atoms with E-state index in [1.807, 2.05) is 4.90 Å². The molecule has 0 unspecified atom stereocenters. The molecule has 1 aliphatic heterocycles. The molecule has 2 aromatic heterocycles. The first-order valence-electron chi connectivity index (χ1n) is 6.28. The van der Waals surface area contributed by atoms with Crippen molar-refractivity contribution in [3.05, 3.63) is 24.0 Å². The van der Waals surface area contributed by atoms with Crippen LogP contribution < -0.4 is 16.4 Å². The van der Waals surface area contributed by atoms with E-state index < -0.39 is 0 Å². The van der Waals surface area contributed by atoms with Gasteiger partial charge in [0.1, 0.15) is 16.9 Å². The van der Waals surface area contributed by atoms with Gasteiger partial charge >= 0.3 is 0 Å². The normalized spacial score (nSPS) is 16.0. The van der Waals surface area contributed by atoms with Crippen LogP contribution in [0.1, 0.15) is 0 Å². The number of rotatable bonds is 1. The molecule has 0 bridgehead atoms. The summed E-state index contributed by atoms with van der Waals surface area (Å²) in [4.78, 5) is 10.3. The van der Waals surface area contributed by atoms with Crippen LogP contribution >= 0.6 is 0 Å². The molecule has 20 heavy (non-hydrogen) atoms. The molecule has 1 aromatic carbocycles. The highest BCUT2D eigenvalue weighted by Crippen LogP contribution is 2.35. The first kappa shape index (κ1) is 11.4. The lowest BCUT2D eigenvalue weighted by Crippen LogP contribution is -2.56. The predicted molar refractivity (Wildman–Crippen MR) is 73.9 cm³/mol. The minimum Gasteiger partial charge on any atom is -0.450 e. The Bertz CT molecular complexity index is 824. The second-order valence-corrected chi connectivity index (χ2v) is 4.96. The third-order valence-electron chi connectivity index (χ3n) is 3.50. The van der Waals surface area contributed by atoms with Gasteiger partial charge in [0.15, 0.2) is 11.4 Å². The molecule has 0 amide bonds. The fraction of sp³-hybridized carbons (Fsp3) is 0.231. The highest BCUT2D eigenvalue weighted by Gasteiger charge is 2.29. The largest absolute Gasteiger partial charge is 0.450 e. The van der Waals surface area contributed by atoms with E-state index >= 15 is 0 Å². The van der Waals surface area contributed by atoms with Crippen LogP contribution in [-0.2, 0) is 0 Å². The quantitative estimate of drug-likeness (QED) is 0.693. The van der Waals surface area contributed by atoms with E-state index in [0.29, 0.717) is 41.0 Å². The van der Waals surface area contributed by atoms with Crippen LogP contribution in [0, 0.1) is 5.82 Å². The highest BCUT2D eigenvalue weighted by molar-refractivity contribution is 6.06. The molecule has 3 heterocycles. The molecule has 3 aromatic rings. The number of furan rings is 1. The van der Waals surface area contributed by atoms with Crippen molar-refractivity contribution in [3.63, 3.8) is 0 Å². The monoisotopic (exact) mass is 273 g/mol. The Labute approximate surface area is 113 Å². The number of anilines is 2. The van der Waals surface area contributed by atoms with Gasteiger partial charge in [0.05, 0.1) is 5.39 Å². The van der Waals surface area contributed by atoms with E-state index in [4.69, 9.17) is 15.9 Å². The zero-order chi connectivity index (χ0) is 13.9. The van der Waals surface area contributed by atoms with Crippen molar-refractivity contribution in [2.75, 3.05) is 23.7 Å². The fourth-order valence-electron chi connectivity index (χ4n) is 2.55. The molecule has 0 saturated carbocycles. The van der Waals surface area contributed by atoms with E-state index in [9.17, 15) is 4.39 Å². The van der Waals surface area contributed by atoms with Crippen LogP contribution in [0.25, 0.3) is 22.1 Å². The first-order valence-corrected chi connectivity index (χ1v) is 6.28. The molecule has 6 nitrogen and oxygen atoms in total. The lowest BCUT2D eigenvalue weighted by atomic mass is 10.1. The summed E-state index contributed by atoms with van der Waals surface area (Å²) in [5.74, 6) is 0.286. The zero-order valence-corrected chi connectivity index (χ0v) is 10.5. The molecule has 4 rings (SSSR count). The maximum Gasteiger partial charge on any atom is 0.222 e. The van der Waals surface area contributed by atoms with E-state index in [2.05, 4.69) is 9.97 Å². The summed E-state index contributed by atoms with van der Waals surface area (Å²) in [6.07, 6.45) is 0. The van der Waals surface area contributed by atoms with Gasteiger partial charge in [-0.3, -0.25) is 0 Å². The van der Waals surface area contributed by atoms with E-state index in [1.54, 1.807) is 12.1 Å². The molecule has 1 aliphatic rings. The summed E-state index contributed by atoms with van der Waals surface area (Å²) in [5, 5.41) is 0.336. The summed E-state index contributed by atoms with van der Waals surface area (Å²) in [6.45, 7) is 1.34. The number of nitrogens with zero attached hydrogens (tertiary/aromatic N) is 3. The number of halogens is 1. The van der Waals surface area contributed by atoms with Gasteiger partial charge in [0, 0.05) is 19.1 Å². The minimum absolute atomic E-state index is 0.0962. The van der Waals surface area contributed by atoms with Crippen molar-refractivity contribution in [2.45, 2.75) is 6.04 Å². The zero-order valence-electron chi connectivity index (χ0n) is 10.5. The average molecular weight is 273 g/mol. The number of nitrogen functional groups attached to an aromatic ring is 1. The molecule has 7 heteroatoms. The number of aromatic nitrogens is 2. The summed E-state index contributed by atoms with van der Waals surface area (Å²) in [5.41, 5.74) is 12.8. The van der Waals surface area contributed by atoms with E-state index in [-0.39, 0.29) is 17.8 Å². The van der Waals surface area contributed by atoms with Gasteiger partial charge in [-0.1, -0.05) is 6.07 Å². The number of fused-ring (bicyclic) bond motifs is 3. The molecule has 0 atom stereocenters. The van der Waals surface area contributed by atoms with E-state index in [0.717, 1.165) is 0 Å². The molecule has 4 N–H and O–H groups in total. The number of hydrogen-bond acceptors (Lipinski definition) is 6. The van der Waals surface area contributed by atoms with E-state index in [1.165, 1.54) is 6.07 Å². The first-order chi connectivity index (χ1) is 9.63. The van der Waals surface area contributed by atoms with Crippen LogP contribution in [0.3, 0.4) is 0 Å². The summed E-state index contributed by atoms with van der Waals surface area (Å²) in [6, 6.07) is 4.77. The molecular weight excluding hydrogens is 261 g/mol. The van der Waals surface area contributed by atoms with Crippen LogP contribution in [0.15, 0.2) is 22.6 Å². The minimum atomic E-state index is -0.384. The second-order valence-electron chi connectivity index (χ2n) is 4.96.